The van der Waals surface area contributed by atoms with Crippen molar-refractivity contribution in [1.82, 2.24) is 0 Å². The fraction of sp³-hybridized carbons (Fsp3) is 0.333. The first-order chi connectivity index (χ1) is 7.28. The second-order valence-corrected chi connectivity index (χ2v) is 3.60. The summed E-state index contributed by atoms with van der Waals surface area (Å²) >= 11 is 0. The molecule has 2 rings (SSSR count). The number of rotatable bonds is 4. The summed E-state index contributed by atoms with van der Waals surface area (Å²) in [7, 11) is 0. The molecule has 0 saturated carbocycles. The maximum absolute atomic E-state index is 5.60. The third-order valence-electron chi connectivity index (χ3n) is 2.25. The van der Waals surface area contributed by atoms with Crippen LogP contribution in [-0.2, 0) is 12.8 Å². The summed E-state index contributed by atoms with van der Waals surface area (Å²) < 4.78 is 11.1. The van der Waals surface area contributed by atoms with E-state index in [9.17, 15) is 0 Å². The number of hydrogen-bond acceptors (Lipinski definition) is 3. The third-order valence-corrected chi connectivity index (χ3v) is 2.25. The monoisotopic (exact) mass is 205 g/mol. The summed E-state index contributed by atoms with van der Waals surface area (Å²) in [5, 5.41) is 0. The van der Waals surface area contributed by atoms with Crippen LogP contribution in [0.15, 0.2) is 33.1 Å². The summed E-state index contributed by atoms with van der Waals surface area (Å²) in [4.78, 5) is 0. The minimum Gasteiger partial charge on any atom is -0.466 e. The van der Waals surface area contributed by atoms with Crippen LogP contribution in [0.4, 0.5) is 0 Å². The molecular weight excluding hydrogens is 190 g/mol. The number of aryl methyl sites for hydroxylation is 1. The number of nitrogens with two attached hydrogens (primary N) is 1. The molecule has 2 N–H and O–H groups in total. The van der Waals surface area contributed by atoms with Gasteiger partial charge < -0.3 is 14.6 Å². The SMILES string of the molecule is Cc1ccc(Cc2ccc(CCN)o2)o1. The molecule has 0 unspecified atom stereocenters. The predicted octanol–water partition coefficient (Wildman–Crippen LogP) is 2.27. The zero-order valence-corrected chi connectivity index (χ0v) is 8.82. The number of furan rings is 2. The molecule has 0 fully saturated rings. The summed E-state index contributed by atoms with van der Waals surface area (Å²) in [5.41, 5.74) is 5.45. The van der Waals surface area contributed by atoms with Crippen molar-refractivity contribution in [2.45, 2.75) is 19.8 Å². The van der Waals surface area contributed by atoms with Crippen molar-refractivity contribution in [3.8, 4) is 0 Å². The molecular formula is C12H15NO2. The van der Waals surface area contributed by atoms with Gasteiger partial charge in [0.2, 0.25) is 0 Å². The normalized spacial score (nSPS) is 10.8. The van der Waals surface area contributed by atoms with Crippen LogP contribution in [0.25, 0.3) is 0 Å². The smallest absolute Gasteiger partial charge is 0.111 e. The van der Waals surface area contributed by atoms with Gasteiger partial charge in [0, 0.05) is 6.42 Å². The average molecular weight is 205 g/mol. The van der Waals surface area contributed by atoms with Gasteiger partial charge in [-0.1, -0.05) is 0 Å². The Balaban J connectivity index is 2.04. The van der Waals surface area contributed by atoms with Crippen molar-refractivity contribution in [1.29, 1.82) is 0 Å². The molecule has 0 radical (unpaired) electrons. The predicted molar refractivity (Wildman–Crippen MR) is 57.7 cm³/mol. The van der Waals surface area contributed by atoms with Crippen LogP contribution in [0, 0.1) is 6.92 Å². The minimum atomic E-state index is 0.618. The fourth-order valence-corrected chi connectivity index (χ4v) is 1.55. The molecule has 15 heavy (non-hydrogen) atoms. The van der Waals surface area contributed by atoms with Gasteiger partial charge in [0.15, 0.2) is 0 Å². The molecule has 2 aromatic heterocycles. The summed E-state index contributed by atoms with van der Waals surface area (Å²) in [5.74, 6) is 3.73. The third kappa shape index (κ3) is 2.50. The van der Waals surface area contributed by atoms with Crippen molar-refractivity contribution >= 4 is 0 Å². The molecule has 0 atom stereocenters. The first-order valence-corrected chi connectivity index (χ1v) is 5.11. The fourth-order valence-electron chi connectivity index (χ4n) is 1.55. The molecule has 80 valence electrons. The maximum Gasteiger partial charge on any atom is 0.111 e. The van der Waals surface area contributed by atoms with Gasteiger partial charge in [0.05, 0.1) is 6.42 Å². The first-order valence-electron chi connectivity index (χ1n) is 5.11. The van der Waals surface area contributed by atoms with Crippen molar-refractivity contribution in [3.63, 3.8) is 0 Å². The second kappa shape index (κ2) is 4.36. The lowest BCUT2D eigenvalue weighted by molar-refractivity contribution is 0.442. The van der Waals surface area contributed by atoms with E-state index in [4.69, 9.17) is 14.6 Å². The Morgan fingerprint density at radius 3 is 2.33 bits per heavy atom. The van der Waals surface area contributed by atoms with E-state index in [0.29, 0.717) is 13.0 Å². The van der Waals surface area contributed by atoms with Crippen molar-refractivity contribution in [3.05, 3.63) is 47.3 Å². The molecule has 3 nitrogen and oxygen atoms in total. The summed E-state index contributed by atoms with van der Waals surface area (Å²) in [6.45, 7) is 2.55. The molecule has 0 aliphatic carbocycles. The molecule has 0 saturated heterocycles. The molecule has 0 aromatic carbocycles. The van der Waals surface area contributed by atoms with Crippen LogP contribution >= 0.6 is 0 Å². The molecule has 0 bridgehead atoms. The van der Waals surface area contributed by atoms with Crippen molar-refractivity contribution < 1.29 is 8.83 Å². The van der Waals surface area contributed by atoms with Crippen LogP contribution in [0.5, 0.6) is 0 Å². The van der Waals surface area contributed by atoms with Crippen LogP contribution in [0.2, 0.25) is 0 Å². The Bertz CT molecular complexity index is 428. The highest BCUT2D eigenvalue weighted by atomic mass is 16.4. The lowest BCUT2D eigenvalue weighted by atomic mass is 10.2. The molecule has 0 amide bonds. The Kier molecular flexibility index (Phi) is 2.92. The Morgan fingerprint density at radius 1 is 1.00 bits per heavy atom. The highest BCUT2D eigenvalue weighted by Gasteiger charge is 2.05. The highest BCUT2D eigenvalue weighted by molar-refractivity contribution is 5.15. The largest absolute Gasteiger partial charge is 0.466 e. The van der Waals surface area contributed by atoms with Gasteiger partial charge in [0.1, 0.15) is 23.0 Å². The zero-order valence-electron chi connectivity index (χ0n) is 8.82. The molecule has 0 aliphatic rings. The van der Waals surface area contributed by atoms with Crippen molar-refractivity contribution in [2.24, 2.45) is 5.73 Å². The maximum atomic E-state index is 5.60. The van der Waals surface area contributed by atoms with Gasteiger partial charge in [0.25, 0.3) is 0 Å². The van der Waals surface area contributed by atoms with Crippen molar-refractivity contribution in [2.75, 3.05) is 6.54 Å². The Labute approximate surface area is 88.9 Å². The quantitative estimate of drug-likeness (QED) is 0.833. The topological polar surface area (TPSA) is 52.3 Å². The van der Waals surface area contributed by atoms with Crippen LogP contribution in [-0.4, -0.2) is 6.54 Å². The second-order valence-electron chi connectivity index (χ2n) is 3.60. The van der Waals surface area contributed by atoms with Gasteiger partial charge in [-0.15, -0.1) is 0 Å². The van der Waals surface area contributed by atoms with E-state index in [2.05, 4.69) is 0 Å². The summed E-state index contributed by atoms with van der Waals surface area (Å²) in [6.07, 6.45) is 1.50. The van der Waals surface area contributed by atoms with E-state index >= 15 is 0 Å². The van der Waals surface area contributed by atoms with Crippen LogP contribution in [0.1, 0.15) is 23.0 Å². The van der Waals surface area contributed by atoms with Crippen LogP contribution < -0.4 is 5.73 Å². The Morgan fingerprint density at radius 2 is 1.67 bits per heavy atom. The van der Waals surface area contributed by atoms with Crippen LogP contribution in [0.3, 0.4) is 0 Å². The van der Waals surface area contributed by atoms with E-state index in [1.54, 1.807) is 0 Å². The lowest BCUT2D eigenvalue weighted by Gasteiger charge is -1.94. The van der Waals surface area contributed by atoms with Gasteiger partial charge in [-0.3, -0.25) is 0 Å². The zero-order chi connectivity index (χ0) is 10.7. The van der Waals surface area contributed by atoms with E-state index in [0.717, 1.165) is 29.5 Å². The van der Waals surface area contributed by atoms with Gasteiger partial charge in [-0.05, 0) is 37.7 Å². The van der Waals surface area contributed by atoms with E-state index in [-0.39, 0.29) is 0 Å². The standard InChI is InChI=1S/C12H15NO2/c1-9-2-3-11(14-9)8-12-5-4-10(15-12)6-7-13/h2-5H,6-8,13H2,1H3. The van der Waals surface area contributed by atoms with Gasteiger partial charge in [-0.25, -0.2) is 0 Å². The van der Waals surface area contributed by atoms with E-state index < -0.39 is 0 Å². The van der Waals surface area contributed by atoms with Gasteiger partial charge >= 0.3 is 0 Å². The highest BCUT2D eigenvalue weighted by Crippen LogP contribution is 2.15. The first kappa shape index (κ1) is 10.1. The molecule has 2 heterocycles. The Hall–Kier alpha value is -1.48. The van der Waals surface area contributed by atoms with E-state index in [1.165, 1.54) is 0 Å². The van der Waals surface area contributed by atoms with E-state index in [1.807, 2.05) is 31.2 Å². The number of hydrogen-bond donors (Lipinski definition) is 1. The molecule has 0 spiro atoms. The minimum absolute atomic E-state index is 0.618. The molecule has 2 aromatic rings. The summed E-state index contributed by atoms with van der Waals surface area (Å²) in [6, 6.07) is 7.88. The van der Waals surface area contributed by atoms with Gasteiger partial charge in [-0.2, -0.15) is 0 Å². The molecule has 0 aliphatic heterocycles. The molecule has 3 heteroatoms. The lowest BCUT2D eigenvalue weighted by Crippen LogP contribution is -2.01. The average Bonchev–Trinajstić information content (AvgIpc) is 2.78.